The van der Waals surface area contributed by atoms with E-state index in [2.05, 4.69) is 0 Å². The summed E-state index contributed by atoms with van der Waals surface area (Å²) in [5.41, 5.74) is 1.75. The molecule has 5 nitrogen and oxygen atoms in total. The highest BCUT2D eigenvalue weighted by molar-refractivity contribution is 7.89. The van der Waals surface area contributed by atoms with Gasteiger partial charge in [0.15, 0.2) is 6.23 Å². The van der Waals surface area contributed by atoms with Gasteiger partial charge in [0.2, 0.25) is 0 Å². The van der Waals surface area contributed by atoms with Crippen molar-refractivity contribution in [2.24, 2.45) is 0 Å². The van der Waals surface area contributed by atoms with Gasteiger partial charge in [0.1, 0.15) is 5.75 Å². The van der Waals surface area contributed by atoms with E-state index < -0.39 is 16.3 Å². The number of nitrogens with zero attached hydrogens (tertiary/aromatic N) is 1. The van der Waals surface area contributed by atoms with Gasteiger partial charge in [0.05, 0.1) is 12.0 Å². The summed E-state index contributed by atoms with van der Waals surface area (Å²) >= 11 is 0. The minimum Gasteiger partial charge on any atom is -0.497 e. The molecule has 2 aromatic carbocycles. The number of methoxy groups -OCH3 is 1. The van der Waals surface area contributed by atoms with Crippen molar-refractivity contribution >= 4 is 10.0 Å². The lowest BCUT2D eigenvalue weighted by atomic mass is 10.2. The molecule has 0 N–H and O–H groups in total. The molecule has 1 aliphatic heterocycles. The third-order valence-electron chi connectivity index (χ3n) is 3.28. The monoisotopic (exact) mass is 305 g/mol. The van der Waals surface area contributed by atoms with Crippen LogP contribution in [-0.4, -0.2) is 20.0 Å². The van der Waals surface area contributed by atoms with Crippen LogP contribution in [0.2, 0.25) is 0 Å². The third kappa shape index (κ3) is 2.65. The number of hydroxylamine groups is 1. The van der Waals surface area contributed by atoms with Gasteiger partial charge in [0.25, 0.3) is 10.0 Å². The molecule has 6 heteroatoms. The molecule has 0 aliphatic carbocycles. The van der Waals surface area contributed by atoms with Crippen LogP contribution in [0.5, 0.6) is 5.75 Å². The van der Waals surface area contributed by atoms with Crippen LogP contribution in [0.25, 0.3) is 0 Å². The van der Waals surface area contributed by atoms with Crippen LogP contribution < -0.4 is 4.74 Å². The lowest BCUT2D eigenvalue weighted by molar-refractivity contribution is 0.283. The standard InChI is InChI=1S/C15H15NO4S/c1-11-6-8-14(9-7-11)21(17,18)16-15(20-16)12-4-3-5-13(10-12)19-2/h3-10,15H,1-2H3. The molecule has 3 rings (SSSR count). The van der Waals surface area contributed by atoms with Crippen molar-refractivity contribution in [3.8, 4) is 5.75 Å². The highest BCUT2D eigenvalue weighted by atomic mass is 32.2. The Balaban J connectivity index is 1.84. The predicted molar refractivity (Wildman–Crippen MR) is 77.0 cm³/mol. The van der Waals surface area contributed by atoms with Crippen LogP contribution in [0.3, 0.4) is 0 Å². The van der Waals surface area contributed by atoms with Crippen molar-refractivity contribution in [1.29, 1.82) is 0 Å². The largest absolute Gasteiger partial charge is 0.497 e. The Kier molecular flexibility index (Phi) is 3.44. The second-order valence-corrected chi connectivity index (χ2v) is 6.59. The zero-order valence-corrected chi connectivity index (χ0v) is 12.5. The molecule has 0 saturated carbocycles. The predicted octanol–water partition coefficient (Wildman–Crippen LogP) is 2.64. The maximum atomic E-state index is 12.4. The Bertz CT molecular complexity index is 755. The van der Waals surface area contributed by atoms with E-state index in [0.29, 0.717) is 5.75 Å². The molecule has 2 atom stereocenters. The molecule has 21 heavy (non-hydrogen) atoms. The average molecular weight is 305 g/mol. The van der Waals surface area contributed by atoms with E-state index >= 15 is 0 Å². The second-order valence-electron chi connectivity index (χ2n) is 4.81. The van der Waals surface area contributed by atoms with Crippen LogP contribution in [0, 0.1) is 6.92 Å². The Morgan fingerprint density at radius 3 is 2.52 bits per heavy atom. The SMILES string of the molecule is COc1cccc(C2ON2S(=O)(=O)c2ccc(C)cc2)c1. The first kappa shape index (κ1) is 14.1. The van der Waals surface area contributed by atoms with Crippen LogP contribution in [-0.2, 0) is 14.9 Å². The number of aryl methyl sites for hydroxylation is 1. The molecule has 0 radical (unpaired) electrons. The van der Waals surface area contributed by atoms with E-state index in [9.17, 15) is 8.42 Å². The van der Waals surface area contributed by atoms with E-state index in [1.807, 2.05) is 6.92 Å². The Labute approximate surface area is 123 Å². The number of benzene rings is 2. The van der Waals surface area contributed by atoms with Crippen LogP contribution >= 0.6 is 0 Å². The molecule has 0 aromatic heterocycles. The number of hydrogen-bond acceptors (Lipinski definition) is 4. The highest BCUT2D eigenvalue weighted by Gasteiger charge is 2.48. The van der Waals surface area contributed by atoms with Crippen molar-refractivity contribution in [2.45, 2.75) is 18.0 Å². The van der Waals surface area contributed by atoms with Crippen LogP contribution in [0.15, 0.2) is 53.4 Å². The van der Waals surface area contributed by atoms with Gasteiger partial charge in [-0.1, -0.05) is 29.8 Å². The van der Waals surface area contributed by atoms with Gasteiger partial charge in [-0.05, 0) is 35.7 Å². The van der Waals surface area contributed by atoms with Gasteiger partial charge in [-0.25, -0.2) is 8.42 Å². The van der Waals surface area contributed by atoms with Gasteiger partial charge in [0, 0.05) is 5.56 Å². The maximum absolute atomic E-state index is 12.4. The molecular formula is C15H15NO4S. The maximum Gasteiger partial charge on any atom is 0.267 e. The van der Waals surface area contributed by atoms with Crippen LogP contribution in [0.4, 0.5) is 0 Å². The van der Waals surface area contributed by atoms with Gasteiger partial charge >= 0.3 is 0 Å². The lowest BCUT2D eigenvalue weighted by Crippen LogP contribution is -2.12. The quantitative estimate of drug-likeness (QED) is 0.815. The van der Waals surface area contributed by atoms with E-state index in [4.69, 9.17) is 9.57 Å². The number of hydrogen-bond donors (Lipinski definition) is 0. The third-order valence-corrected chi connectivity index (χ3v) is 4.90. The van der Waals surface area contributed by atoms with E-state index in [1.54, 1.807) is 55.6 Å². The summed E-state index contributed by atoms with van der Waals surface area (Å²) in [6.07, 6.45) is -0.591. The van der Waals surface area contributed by atoms with E-state index in [0.717, 1.165) is 15.6 Å². The minimum absolute atomic E-state index is 0.221. The zero-order chi connectivity index (χ0) is 15.0. The molecule has 1 aliphatic rings. The van der Waals surface area contributed by atoms with Crippen molar-refractivity contribution in [1.82, 2.24) is 4.47 Å². The molecule has 2 aromatic rings. The molecule has 1 saturated heterocycles. The summed E-state index contributed by atoms with van der Waals surface area (Å²) in [6, 6.07) is 13.8. The van der Waals surface area contributed by atoms with Crippen molar-refractivity contribution in [2.75, 3.05) is 7.11 Å². The Hall–Kier alpha value is -1.89. The average Bonchev–Trinajstić information content (AvgIpc) is 3.29. The molecular weight excluding hydrogens is 290 g/mol. The first-order valence-electron chi connectivity index (χ1n) is 6.44. The summed E-state index contributed by atoms with van der Waals surface area (Å²) in [5.74, 6) is 0.663. The summed E-state index contributed by atoms with van der Waals surface area (Å²) in [4.78, 5) is 5.46. The molecule has 0 bridgehead atoms. The summed E-state index contributed by atoms with van der Waals surface area (Å²) in [7, 11) is -2.07. The fourth-order valence-electron chi connectivity index (χ4n) is 2.05. The Morgan fingerprint density at radius 1 is 1.14 bits per heavy atom. The van der Waals surface area contributed by atoms with Gasteiger partial charge in [-0.15, -0.1) is 0 Å². The first-order chi connectivity index (χ1) is 10.0. The molecule has 1 fully saturated rings. The smallest absolute Gasteiger partial charge is 0.267 e. The van der Waals surface area contributed by atoms with Crippen molar-refractivity contribution in [3.05, 3.63) is 59.7 Å². The van der Waals surface area contributed by atoms with E-state index in [-0.39, 0.29) is 4.90 Å². The summed E-state index contributed by atoms with van der Waals surface area (Å²) in [6.45, 7) is 1.91. The Morgan fingerprint density at radius 2 is 1.86 bits per heavy atom. The van der Waals surface area contributed by atoms with Crippen molar-refractivity contribution in [3.63, 3.8) is 0 Å². The zero-order valence-electron chi connectivity index (χ0n) is 11.7. The number of rotatable bonds is 4. The fourth-order valence-corrected chi connectivity index (χ4v) is 3.30. The summed E-state index contributed by atoms with van der Waals surface area (Å²) in [5, 5.41) is 0. The first-order valence-corrected chi connectivity index (χ1v) is 7.88. The molecule has 1 heterocycles. The minimum atomic E-state index is -3.63. The fraction of sp³-hybridized carbons (Fsp3) is 0.200. The normalized spacial score (nSPS) is 21.0. The molecule has 0 amide bonds. The van der Waals surface area contributed by atoms with Crippen LogP contribution in [0.1, 0.15) is 17.4 Å². The van der Waals surface area contributed by atoms with Gasteiger partial charge in [-0.3, -0.25) is 4.84 Å². The number of sulfonamides is 1. The lowest BCUT2D eigenvalue weighted by Gasteiger charge is -2.04. The summed E-state index contributed by atoms with van der Waals surface area (Å²) < 4.78 is 31.0. The molecule has 2 unspecified atom stereocenters. The van der Waals surface area contributed by atoms with E-state index in [1.165, 1.54) is 0 Å². The second kappa shape index (κ2) is 5.14. The molecule has 110 valence electrons. The van der Waals surface area contributed by atoms with Gasteiger partial charge < -0.3 is 4.74 Å². The highest BCUT2D eigenvalue weighted by Crippen LogP contribution is 2.42. The number of ether oxygens (including phenoxy) is 1. The topological polar surface area (TPSA) is 58.9 Å². The van der Waals surface area contributed by atoms with Gasteiger partial charge in [-0.2, -0.15) is 0 Å². The van der Waals surface area contributed by atoms with Crippen molar-refractivity contribution < 1.29 is 18.0 Å². The molecule has 0 spiro atoms.